The molecule has 4 heteroatoms. The number of nitrogens with one attached hydrogen (secondary N) is 1. The molecule has 0 spiro atoms. The second-order valence-corrected chi connectivity index (χ2v) is 6.19. The number of imidazole rings is 1. The predicted molar refractivity (Wildman–Crippen MR) is 88.7 cm³/mol. The van der Waals surface area contributed by atoms with Crippen molar-refractivity contribution in [1.29, 1.82) is 0 Å². The quantitative estimate of drug-likeness (QED) is 0.760. The molecule has 1 saturated carbocycles. The number of aromatic nitrogens is 2. The van der Waals surface area contributed by atoms with Crippen molar-refractivity contribution in [2.75, 3.05) is 6.54 Å². The summed E-state index contributed by atoms with van der Waals surface area (Å²) in [4.78, 5) is 16.5. The molecule has 1 fully saturated rings. The Bertz CT molecular complexity index is 643. The maximum atomic E-state index is 11.7. The molecule has 3 rings (SSSR count). The van der Waals surface area contributed by atoms with Crippen LogP contribution in [0.25, 0.3) is 11.0 Å². The van der Waals surface area contributed by atoms with Crippen molar-refractivity contribution in [3.8, 4) is 0 Å². The molecular formula is C18H25N3O. The molecule has 1 aromatic carbocycles. The lowest BCUT2D eigenvalue weighted by atomic mass is 10.2. The molecule has 0 radical (unpaired) electrons. The van der Waals surface area contributed by atoms with E-state index in [0.29, 0.717) is 6.54 Å². The molecule has 0 unspecified atom stereocenters. The number of fused-ring (bicyclic) bond motifs is 1. The van der Waals surface area contributed by atoms with Crippen LogP contribution >= 0.6 is 0 Å². The SMILES string of the molecule is CCCCCn1c(CCNC(=O)C2CC2)nc2ccccc21. The molecule has 118 valence electrons. The number of benzene rings is 1. The number of rotatable bonds is 8. The van der Waals surface area contributed by atoms with Crippen LogP contribution in [0.3, 0.4) is 0 Å². The van der Waals surface area contributed by atoms with Crippen molar-refractivity contribution in [3.05, 3.63) is 30.1 Å². The van der Waals surface area contributed by atoms with Crippen molar-refractivity contribution in [2.24, 2.45) is 5.92 Å². The third-order valence-electron chi connectivity index (χ3n) is 4.31. The first-order valence-corrected chi connectivity index (χ1v) is 8.51. The second-order valence-electron chi connectivity index (χ2n) is 6.19. The average Bonchev–Trinajstić information content (AvgIpc) is 3.32. The van der Waals surface area contributed by atoms with E-state index in [1.54, 1.807) is 0 Å². The molecule has 0 saturated heterocycles. The van der Waals surface area contributed by atoms with Crippen LogP contribution in [0.2, 0.25) is 0 Å². The van der Waals surface area contributed by atoms with Crippen LogP contribution in [0, 0.1) is 5.92 Å². The third kappa shape index (κ3) is 3.49. The van der Waals surface area contributed by atoms with Gasteiger partial charge in [0.25, 0.3) is 0 Å². The van der Waals surface area contributed by atoms with Crippen LogP contribution in [0.15, 0.2) is 24.3 Å². The molecule has 1 aliphatic carbocycles. The fraction of sp³-hybridized carbons (Fsp3) is 0.556. The van der Waals surface area contributed by atoms with E-state index in [0.717, 1.165) is 37.1 Å². The highest BCUT2D eigenvalue weighted by atomic mass is 16.2. The van der Waals surface area contributed by atoms with E-state index in [2.05, 4.69) is 35.0 Å². The molecule has 0 aliphatic heterocycles. The van der Waals surface area contributed by atoms with Crippen LogP contribution in [0.5, 0.6) is 0 Å². The van der Waals surface area contributed by atoms with Gasteiger partial charge in [0.2, 0.25) is 5.91 Å². The molecule has 1 aliphatic rings. The number of hydrogen-bond acceptors (Lipinski definition) is 2. The Morgan fingerprint density at radius 3 is 2.91 bits per heavy atom. The standard InChI is InChI=1S/C18H25N3O/c1-2-3-6-13-21-16-8-5-4-7-15(16)20-17(21)11-12-19-18(22)14-9-10-14/h4-5,7-8,14H,2-3,6,9-13H2,1H3,(H,19,22). The molecule has 1 N–H and O–H groups in total. The van der Waals surface area contributed by atoms with Crippen LogP contribution < -0.4 is 5.32 Å². The Morgan fingerprint density at radius 2 is 2.14 bits per heavy atom. The van der Waals surface area contributed by atoms with Crippen LogP contribution in [0.4, 0.5) is 0 Å². The van der Waals surface area contributed by atoms with Gasteiger partial charge in [-0.05, 0) is 31.4 Å². The molecule has 0 bridgehead atoms. The van der Waals surface area contributed by atoms with Gasteiger partial charge in [-0.1, -0.05) is 31.9 Å². The number of nitrogens with zero attached hydrogens (tertiary/aromatic N) is 2. The minimum absolute atomic E-state index is 0.216. The predicted octanol–water partition coefficient (Wildman–Crippen LogP) is 3.30. The fourth-order valence-corrected chi connectivity index (χ4v) is 2.87. The summed E-state index contributed by atoms with van der Waals surface area (Å²) < 4.78 is 2.33. The first-order valence-electron chi connectivity index (χ1n) is 8.51. The van der Waals surface area contributed by atoms with Gasteiger partial charge in [-0.2, -0.15) is 0 Å². The largest absolute Gasteiger partial charge is 0.355 e. The van der Waals surface area contributed by atoms with Gasteiger partial charge in [0.05, 0.1) is 11.0 Å². The maximum Gasteiger partial charge on any atom is 0.223 e. The number of aryl methyl sites for hydroxylation is 1. The van der Waals surface area contributed by atoms with E-state index < -0.39 is 0 Å². The van der Waals surface area contributed by atoms with Gasteiger partial charge in [0, 0.05) is 25.4 Å². The zero-order chi connectivity index (χ0) is 15.4. The van der Waals surface area contributed by atoms with Crippen LogP contribution in [-0.4, -0.2) is 22.0 Å². The molecule has 0 atom stereocenters. The lowest BCUT2D eigenvalue weighted by molar-refractivity contribution is -0.122. The summed E-state index contributed by atoms with van der Waals surface area (Å²) in [6, 6.07) is 8.31. The zero-order valence-electron chi connectivity index (χ0n) is 13.3. The van der Waals surface area contributed by atoms with E-state index in [9.17, 15) is 4.79 Å². The van der Waals surface area contributed by atoms with Crippen molar-refractivity contribution >= 4 is 16.9 Å². The Morgan fingerprint density at radius 1 is 1.32 bits per heavy atom. The summed E-state index contributed by atoms with van der Waals surface area (Å²) in [6.45, 7) is 3.92. The molecule has 1 aromatic heterocycles. The summed E-state index contributed by atoms with van der Waals surface area (Å²) in [7, 11) is 0. The Labute approximate surface area is 131 Å². The van der Waals surface area contributed by atoms with E-state index in [4.69, 9.17) is 4.98 Å². The average molecular weight is 299 g/mol. The van der Waals surface area contributed by atoms with Crippen LogP contribution in [0.1, 0.15) is 44.9 Å². The molecule has 4 nitrogen and oxygen atoms in total. The molecule has 22 heavy (non-hydrogen) atoms. The molecule has 1 amide bonds. The summed E-state index contributed by atoms with van der Waals surface area (Å²) >= 11 is 0. The summed E-state index contributed by atoms with van der Waals surface area (Å²) in [5, 5.41) is 3.04. The third-order valence-corrected chi connectivity index (χ3v) is 4.31. The van der Waals surface area contributed by atoms with Gasteiger partial charge >= 0.3 is 0 Å². The van der Waals surface area contributed by atoms with Crippen LogP contribution in [-0.2, 0) is 17.8 Å². The van der Waals surface area contributed by atoms with Crippen molar-refractivity contribution in [1.82, 2.24) is 14.9 Å². The normalized spacial score (nSPS) is 14.4. The minimum Gasteiger partial charge on any atom is -0.355 e. The van der Waals surface area contributed by atoms with Crippen molar-refractivity contribution in [2.45, 2.75) is 52.0 Å². The van der Waals surface area contributed by atoms with E-state index in [-0.39, 0.29) is 11.8 Å². The number of carbonyl (C=O) groups is 1. The van der Waals surface area contributed by atoms with Gasteiger partial charge in [-0.15, -0.1) is 0 Å². The number of carbonyl (C=O) groups excluding carboxylic acids is 1. The number of amides is 1. The van der Waals surface area contributed by atoms with Gasteiger partial charge in [0.15, 0.2) is 0 Å². The summed E-state index contributed by atoms with van der Waals surface area (Å²) in [5.74, 6) is 1.59. The molecule has 2 aromatic rings. The Kier molecular flexibility index (Phi) is 4.76. The first kappa shape index (κ1) is 15.1. The van der Waals surface area contributed by atoms with E-state index in [1.807, 2.05) is 6.07 Å². The highest BCUT2D eigenvalue weighted by Gasteiger charge is 2.29. The highest BCUT2D eigenvalue weighted by molar-refractivity contribution is 5.80. The first-order chi connectivity index (χ1) is 10.8. The van der Waals surface area contributed by atoms with Gasteiger partial charge in [0.1, 0.15) is 5.82 Å². The van der Waals surface area contributed by atoms with E-state index in [1.165, 1.54) is 24.8 Å². The lowest BCUT2D eigenvalue weighted by Crippen LogP contribution is -2.27. The Hall–Kier alpha value is -1.84. The number of unbranched alkanes of at least 4 members (excludes halogenated alkanes) is 2. The Balaban J connectivity index is 1.68. The summed E-state index contributed by atoms with van der Waals surface area (Å²) in [5.41, 5.74) is 2.27. The number of para-hydroxylation sites is 2. The monoisotopic (exact) mass is 299 g/mol. The van der Waals surface area contributed by atoms with Gasteiger partial charge in [-0.3, -0.25) is 4.79 Å². The molecular weight excluding hydrogens is 274 g/mol. The van der Waals surface area contributed by atoms with Crippen molar-refractivity contribution in [3.63, 3.8) is 0 Å². The van der Waals surface area contributed by atoms with Gasteiger partial charge in [-0.25, -0.2) is 4.98 Å². The highest BCUT2D eigenvalue weighted by Crippen LogP contribution is 2.28. The minimum atomic E-state index is 0.216. The topological polar surface area (TPSA) is 46.9 Å². The van der Waals surface area contributed by atoms with E-state index >= 15 is 0 Å². The second kappa shape index (κ2) is 6.95. The zero-order valence-corrected chi connectivity index (χ0v) is 13.3. The fourth-order valence-electron chi connectivity index (χ4n) is 2.87. The van der Waals surface area contributed by atoms with Crippen molar-refractivity contribution < 1.29 is 4.79 Å². The van der Waals surface area contributed by atoms with Gasteiger partial charge < -0.3 is 9.88 Å². The smallest absolute Gasteiger partial charge is 0.223 e. The number of hydrogen-bond donors (Lipinski definition) is 1. The lowest BCUT2D eigenvalue weighted by Gasteiger charge is -2.09. The summed E-state index contributed by atoms with van der Waals surface area (Å²) in [6.07, 6.45) is 6.56. The molecule has 1 heterocycles. The maximum absolute atomic E-state index is 11.7.